The number of ether oxygens (including phenoxy) is 3. The summed E-state index contributed by atoms with van der Waals surface area (Å²) in [4.78, 5) is 16.5. The van der Waals surface area contributed by atoms with Crippen LogP contribution in [0.3, 0.4) is 0 Å². The summed E-state index contributed by atoms with van der Waals surface area (Å²) >= 11 is 0. The van der Waals surface area contributed by atoms with Gasteiger partial charge in [0, 0.05) is 44.2 Å². The normalized spacial score (nSPS) is 19.0. The Morgan fingerprint density at radius 3 is 2.29 bits per heavy atom. The van der Waals surface area contributed by atoms with Crippen LogP contribution in [0.2, 0.25) is 0 Å². The number of carbonyl (C=O) groups excluding carboxylic acids is 1. The molecule has 0 spiro atoms. The number of alkyl halides is 3. The quantitative estimate of drug-likeness (QED) is 0.400. The highest BCUT2D eigenvalue weighted by molar-refractivity contribution is 5.72. The number of hydrogen-bond donors (Lipinski definition) is 1. The Hall–Kier alpha value is -2.98. The number of aliphatic hydroxyl groups is 1. The van der Waals surface area contributed by atoms with Crippen LogP contribution in [0, 0.1) is 0 Å². The molecule has 1 aliphatic heterocycles. The topological polar surface area (TPSA) is 71.5 Å². The van der Waals surface area contributed by atoms with Gasteiger partial charge in [-0.2, -0.15) is 0 Å². The van der Waals surface area contributed by atoms with Gasteiger partial charge in [-0.1, -0.05) is 37.5 Å². The molecule has 1 saturated heterocycles. The molecule has 0 bridgehead atoms. The standard InChI is InChI=1S/C31H41F3N2O5/c1-29(2,3)41-28(37)36-17-15-35(16-18-36)21-26(30(38)13-6-5-7-14-30)23-11-12-27(39-4)25(20-23)22-9-8-10-24(19-22)40-31(32,33)34/h8-12,19-20,26,38H,5-7,13-18,21H2,1-4H3. The van der Waals surface area contributed by atoms with E-state index < -0.39 is 17.6 Å². The van der Waals surface area contributed by atoms with E-state index >= 15 is 0 Å². The first-order valence-electron chi connectivity index (χ1n) is 14.2. The largest absolute Gasteiger partial charge is 0.573 e. The van der Waals surface area contributed by atoms with Gasteiger partial charge in [0.05, 0.1) is 12.7 Å². The molecule has 4 rings (SSSR count). The number of nitrogens with zero attached hydrogens (tertiary/aromatic N) is 2. The summed E-state index contributed by atoms with van der Waals surface area (Å²) in [6.45, 7) is 8.47. The van der Waals surface area contributed by atoms with E-state index in [1.54, 1.807) is 11.0 Å². The van der Waals surface area contributed by atoms with Crippen LogP contribution in [-0.4, -0.2) is 78.4 Å². The average Bonchev–Trinajstić information content (AvgIpc) is 2.90. The van der Waals surface area contributed by atoms with E-state index in [1.807, 2.05) is 39.0 Å². The fourth-order valence-electron chi connectivity index (χ4n) is 5.82. The van der Waals surface area contributed by atoms with Crippen molar-refractivity contribution in [3.05, 3.63) is 48.0 Å². The highest BCUT2D eigenvalue weighted by Gasteiger charge is 2.40. The molecule has 2 aromatic rings. The van der Waals surface area contributed by atoms with E-state index in [0.717, 1.165) is 24.8 Å². The number of benzene rings is 2. The zero-order valence-corrected chi connectivity index (χ0v) is 24.3. The molecule has 41 heavy (non-hydrogen) atoms. The maximum atomic E-state index is 12.9. The highest BCUT2D eigenvalue weighted by Crippen LogP contribution is 2.43. The second-order valence-electron chi connectivity index (χ2n) is 12.0. The van der Waals surface area contributed by atoms with Crippen molar-refractivity contribution >= 4 is 6.09 Å². The van der Waals surface area contributed by atoms with Crippen molar-refractivity contribution in [3.63, 3.8) is 0 Å². The second-order valence-corrected chi connectivity index (χ2v) is 12.0. The predicted molar refractivity (Wildman–Crippen MR) is 150 cm³/mol. The Kier molecular flexibility index (Phi) is 9.43. The van der Waals surface area contributed by atoms with E-state index in [-0.39, 0.29) is 17.8 Å². The predicted octanol–water partition coefficient (Wildman–Crippen LogP) is 6.59. The first kappa shape index (κ1) is 31.0. The van der Waals surface area contributed by atoms with Crippen LogP contribution < -0.4 is 9.47 Å². The number of carbonyl (C=O) groups is 1. The van der Waals surface area contributed by atoms with Crippen molar-refractivity contribution in [2.24, 2.45) is 0 Å². The van der Waals surface area contributed by atoms with Crippen LogP contribution in [0.1, 0.15) is 64.4 Å². The van der Waals surface area contributed by atoms with Gasteiger partial charge in [-0.05, 0) is 69.0 Å². The lowest BCUT2D eigenvalue weighted by Crippen LogP contribution is -2.52. The molecule has 7 nitrogen and oxygen atoms in total. The number of amides is 1. The van der Waals surface area contributed by atoms with Gasteiger partial charge in [0.15, 0.2) is 0 Å². The van der Waals surface area contributed by atoms with E-state index in [9.17, 15) is 23.1 Å². The molecule has 1 amide bonds. The molecule has 1 unspecified atom stereocenters. The lowest BCUT2D eigenvalue weighted by molar-refractivity contribution is -0.274. The fourth-order valence-corrected chi connectivity index (χ4v) is 5.82. The Morgan fingerprint density at radius 2 is 1.68 bits per heavy atom. The lowest BCUT2D eigenvalue weighted by Gasteiger charge is -2.43. The van der Waals surface area contributed by atoms with Gasteiger partial charge in [-0.25, -0.2) is 4.79 Å². The minimum atomic E-state index is -4.80. The summed E-state index contributed by atoms with van der Waals surface area (Å²) in [5, 5.41) is 12.0. The summed E-state index contributed by atoms with van der Waals surface area (Å²) in [5.74, 6) is -0.0406. The number of halogens is 3. The Bertz CT molecular complexity index is 1180. The van der Waals surface area contributed by atoms with E-state index in [2.05, 4.69) is 9.64 Å². The molecule has 2 aromatic carbocycles. The van der Waals surface area contributed by atoms with Gasteiger partial charge in [-0.3, -0.25) is 4.90 Å². The Balaban J connectivity index is 1.60. The van der Waals surface area contributed by atoms with Crippen molar-refractivity contribution in [3.8, 4) is 22.6 Å². The van der Waals surface area contributed by atoms with Crippen molar-refractivity contribution in [1.82, 2.24) is 9.80 Å². The SMILES string of the molecule is COc1ccc(C(CN2CCN(C(=O)OC(C)(C)C)CC2)C2(O)CCCCC2)cc1-c1cccc(OC(F)(F)F)c1. The molecule has 1 atom stereocenters. The summed E-state index contributed by atoms with van der Waals surface area (Å²) < 4.78 is 53.9. The number of hydrogen-bond acceptors (Lipinski definition) is 6. The maximum absolute atomic E-state index is 12.9. The average molecular weight is 579 g/mol. The molecular weight excluding hydrogens is 537 g/mol. The summed E-state index contributed by atoms with van der Waals surface area (Å²) in [7, 11) is 1.52. The molecule has 2 fully saturated rings. The molecule has 1 aliphatic carbocycles. The van der Waals surface area contributed by atoms with Crippen molar-refractivity contribution < 1.29 is 37.3 Å². The van der Waals surface area contributed by atoms with Crippen LogP contribution >= 0.6 is 0 Å². The first-order chi connectivity index (χ1) is 19.3. The van der Waals surface area contributed by atoms with Gasteiger partial charge in [0.1, 0.15) is 17.1 Å². The van der Waals surface area contributed by atoms with Crippen molar-refractivity contribution in [1.29, 1.82) is 0 Å². The lowest BCUT2D eigenvalue weighted by atomic mass is 9.72. The van der Waals surface area contributed by atoms with Gasteiger partial charge in [0.25, 0.3) is 0 Å². The molecule has 10 heteroatoms. The second kappa shape index (κ2) is 12.5. The molecule has 1 N–H and O–H groups in total. The molecule has 1 saturated carbocycles. The maximum Gasteiger partial charge on any atom is 0.573 e. The minimum absolute atomic E-state index is 0.241. The van der Waals surface area contributed by atoms with Crippen LogP contribution in [-0.2, 0) is 4.74 Å². The number of piperazine rings is 1. The molecule has 0 aromatic heterocycles. The van der Waals surface area contributed by atoms with Crippen LogP contribution in [0.4, 0.5) is 18.0 Å². The summed E-state index contributed by atoms with van der Waals surface area (Å²) in [6.07, 6.45) is -0.844. The monoisotopic (exact) mass is 578 g/mol. The molecular formula is C31H41F3N2O5. The molecule has 0 radical (unpaired) electrons. The molecule has 2 aliphatic rings. The summed E-state index contributed by atoms with van der Waals surface area (Å²) in [5.41, 5.74) is 0.547. The van der Waals surface area contributed by atoms with E-state index in [4.69, 9.17) is 9.47 Å². The third kappa shape index (κ3) is 8.29. The zero-order valence-electron chi connectivity index (χ0n) is 24.3. The third-order valence-corrected chi connectivity index (χ3v) is 7.84. The third-order valence-electron chi connectivity index (χ3n) is 7.84. The smallest absolute Gasteiger partial charge is 0.496 e. The first-order valence-corrected chi connectivity index (χ1v) is 14.2. The Labute approximate surface area is 240 Å². The van der Waals surface area contributed by atoms with Crippen LogP contribution in [0.5, 0.6) is 11.5 Å². The van der Waals surface area contributed by atoms with Gasteiger partial charge < -0.3 is 24.2 Å². The van der Waals surface area contributed by atoms with E-state index in [1.165, 1.54) is 25.3 Å². The van der Waals surface area contributed by atoms with Crippen LogP contribution in [0.15, 0.2) is 42.5 Å². The van der Waals surface area contributed by atoms with Crippen molar-refractivity contribution in [2.45, 2.75) is 76.4 Å². The van der Waals surface area contributed by atoms with Gasteiger partial charge in [0.2, 0.25) is 0 Å². The number of rotatable bonds is 7. The van der Waals surface area contributed by atoms with Gasteiger partial charge in [-0.15, -0.1) is 13.2 Å². The molecule has 226 valence electrons. The fraction of sp³-hybridized carbons (Fsp3) is 0.581. The summed E-state index contributed by atoms with van der Waals surface area (Å²) in [6, 6.07) is 11.5. The zero-order chi connectivity index (χ0) is 29.8. The minimum Gasteiger partial charge on any atom is -0.496 e. The van der Waals surface area contributed by atoms with Gasteiger partial charge >= 0.3 is 12.5 Å². The van der Waals surface area contributed by atoms with Crippen LogP contribution in [0.25, 0.3) is 11.1 Å². The Morgan fingerprint density at radius 1 is 1.00 bits per heavy atom. The van der Waals surface area contributed by atoms with E-state index in [0.29, 0.717) is 62.4 Å². The number of methoxy groups -OCH3 is 1. The highest BCUT2D eigenvalue weighted by atomic mass is 19.4. The van der Waals surface area contributed by atoms with Crippen molar-refractivity contribution in [2.75, 3.05) is 39.8 Å². The molecule has 1 heterocycles.